The molecule has 1 amide bonds. The van der Waals surface area contributed by atoms with Crippen molar-refractivity contribution in [3.63, 3.8) is 0 Å². The van der Waals surface area contributed by atoms with Crippen molar-refractivity contribution < 1.29 is 19.0 Å². The van der Waals surface area contributed by atoms with Gasteiger partial charge in [-0.2, -0.15) is 0 Å². The number of carbonyl (C=O) groups is 1. The van der Waals surface area contributed by atoms with Crippen LogP contribution in [0.5, 0.6) is 17.2 Å². The van der Waals surface area contributed by atoms with Gasteiger partial charge in [0.25, 0.3) is 0 Å². The lowest BCUT2D eigenvalue weighted by Crippen LogP contribution is -2.53. The van der Waals surface area contributed by atoms with Crippen LogP contribution in [0.4, 0.5) is 5.69 Å². The molecule has 0 aliphatic carbocycles. The van der Waals surface area contributed by atoms with Crippen LogP contribution in [-0.4, -0.2) is 74.8 Å². The Balaban J connectivity index is 1.40. The van der Waals surface area contributed by atoms with E-state index in [9.17, 15) is 4.79 Å². The van der Waals surface area contributed by atoms with E-state index in [1.165, 1.54) is 0 Å². The van der Waals surface area contributed by atoms with Crippen LogP contribution in [0.1, 0.15) is 13.8 Å². The Kier molecular flexibility index (Phi) is 8.55. The van der Waals surface area contributed by atoms with Crippen molar-refractivity contribution in [1.82, 2.24) is 9.80 Å². The second kappa shape index (κ2) is 11.6. The van der Waals surface area contributed by atoms with E-state index >= 15 is 0 Å². The van der Waals surface area contributed by atoms with Crippen LogP contribution in [-0.2, 0) is 4.79 Å². The molecule has 1 atom stereocenters. The van der Waals surface area contributed by atoms with Crippen molar-refractivity contribution in [3.05, 3.63) is 48.5 Å². The monoisotopic (exact) mass is 427 g/mol. The third kappa shape index (κ3) is 6.60. The average molecular weight is 428 g/mol. The number of piperazine rings is 1. The fourth-order valence-electron chi connectivity index (χ4n) is 3.59. The van der Waals surface area contributed by atoms with Crippen molar-refractivity contribution in [2.24, 2.45) is 0 Å². The summed E-state index contributed by atoms with van der Waals surface area (Å²) < 4.78 is 16.6. The highest BCUT2D eigenvalue weighted by molar-refractivity contribution is 5.95. The van der Waals surface area contributed by atoms with Gasteiger partial charge in [-0.05, 0) is 50.2 Å². The molecule has 1 N–H and O–H groups in total. The Labute approximate surface area is 184 Å². The smallest absolute Gasteiger partial charge is 0.241 e. The van der Waals surface area contributed by atoms with Gasteiger partial charge in [0, 0.05) is 32.7 Å². The lowest BCUT2D eigenvalue weighted by Gasteiger charge is -2.37. The molecular formula is C24H33N3O4. The fourth-order valence-corrected chi connectivity index (χ4v) is 3.59. The fraction of sp³-hybridized carbons (Fsp3) is 0.458. The maximum absolute atomic E-state index is 12.8. The SMILES string of the molecule is CCOc1ccccc1NC(=O)[C@H](C)N1CCN(CCOc2ccc(OC)cc2)CC1. The summed E-state index contributed by atoms with van der Waals surface area (Å²) in [4.78, 5) is 17.4. The van der Waals surface area contributed by atoms with Crippen molar-refractivity contribution in [3.8, 4) is 17.2 Å². The standard InChI is InChI=1S/C24H33N3O4/c1-4-30-23-8-6-5-7-22(23)25-24(28)19(2)27-15-13-26(14-16-27)17-18-31-21-11-9-20(29-3)10-12-21/h5-12,19H,4,13-18H2,1-3H3,(H,25,28)/t19-/m0/s1. The number of hydrogen-bond acceptors (Lipinski definition) is 6. The molecule has 1 fully saturated rings. The van der Waals surface area contributed by atoms with Gasteiger partial charge in [-0.25, -0.2) is 0 Å². The van der Waals surface area contributed by atoms with Crippen LogP contribution in [0.25, 0.3) is 0 Å². The quantitative estimate of drug-likeness (QED) is 0.629. The lowest BCUT2D eigenvalue weighted by molar-refractivity contribution is -0.121. The molecule has 1 aliphatic rings. The molecule has 0 radical (unpaired) electrons. The van der Waals surface area contributed by atoms with Crippen LogP contribution in [0.2, 0.25) is 0 Å². The number of amides is 1. The molecule has 0 unspecified atom stereocenters. The minimum Gasteiger partial charge on any atom is -0.497 e. The predicted octanol–water partition coefficient (Wildman–Crippen LogP) is 3.12. The first-order chi connectivity index (χ1) is 15.1. The molecule has 168 valence electrons. The number of nitrogens with one attached hydrogen (secondary N) is 1. The maximum atomic E-state index is 12.8. The van der Waals surface area contributed by atoms with E-state index in [1.807, 2.05) is 62.4 Å². The highest BCUT2D eigenvalue weighted by Gasteiger charge is 2.26. The number of benzene rings is 2. The Bertz CT molecular complexity index is 820. The van der Waals surface area contributed by atoms with Crippen LogP contribution in [0, 0.1) is 0 Å². The van der Waals surface area contributed by atoms with E-state index in [0.29, 0.717) is 19.0 Å². The van der Waals surface area contributed by atoms with Crippen LogP contribution >= 0.6 is 0 Å². The molecule has 7 heteroatoms. The van der Waals surface area contributed by atoms with Gasteiger partial charge in [-0.1, -0.05) is 12.1 Å². The lowest BCUT2D eigenvalue weighted by atomic mass is 10.2. The summed E-state index contributed by atoms with van der Waals surface area (Å²) in [5, 5.41) is 3.02. The normalized spacial score (nSPS) is 15.8. The van der Waals surface area contributed by atoms with E-state index in [-0.39, 0.29) is 11.9 Å². The second-order valence-corrected chi connectivity index (χ2v) is 7.50. The van der Waals surface area contributed by atoms with Crippen molar-refractivity contribution in [2.75, 3.05) is 58.4 Å². The van der Waals surface area contributed by atoms with E-state index in [4.69, 9.17) is 14.2 Å². The summed E-state index contributed by atoms with van der Waals surface area (Å²) in [6.07, 6.45) is 0. The maximum Gasteiger partial charge on any atom is 0.241 e. The van der Waals surface area contributed by atoms with Crippen LogP contribution in [0.15, 0.2) is 48.5 Å². The predicted molar refractivity (Wildman–Crippen MR) is 122 cm³/mol. The van der Waals surface area contributed by atoms with Crippen LogP contribution in [0.3, 0.4) is 0 Å². The molecule has 0 saturated carbocycles. The summed E-state index contributed by atoms with van der Waals surface area (Å²) in [5.74, 6) is 2.36. The van der Waals surface area contributed by atoms with E-state index in [2.05, 4.69) is 15.1 Å². The van der Waals surface area contributed by atoms with Crippen molar-refractivity contribution in [2.45, 2.75) is 19.9 Å². The molecule has 0 aromatic heterocycles. The van der Waals surface area contributed by atoms with E-state index < -0.39 is 0 Å². The van der Waals surface area contributed by atoms with Gasteiger partial charge in [0.2, 0.25) is 5.91 Å². The van der Waals surface area contributed by atoms with Crippen LogP contribution < -0.4 is 19.5 Å². The van der Waals surface area contributed by atoms with E-state index in [1.54, 1.807) is 7.11 Å². The molecule has 2 aromatic carbocycles. The molecule has 1 heterocycles. The number of methoxy groups -OCH3 is 1. The van der Waals surface area contributed by atoms with E-state index in [0.717, 1.165) is 49.9 Å². The Morgan fingerprint density at radius 3 is 2.35 bits per heavy atom. The third-order valence-corrected chi connectivity index (χ3v) is 5.51. The number of anilines is 1. The zero-order valence-corrected chi connectivity index (χ0v) is 18.7. The molecule has 1 saturated heterocycles. The first-order valence-corrected chi connectivity index (χ1v) is 10.9. The summed E-state index contributed by atoms with van der Waals surface area (Å²) in [7, 11) is 1.65. The zero-order valence-electron chi connectivity index (χ0n) is 18.7. The Morgan fingerprint density at radius 2 is 1.68 bits per heavy atom. The third-order valence-electron chi connectivity index (χ3n) is 5.51. The molecule has 1 aliphatic heterocycles. The van der Waals surface area contributed by atoms with Gasteiger partial charge in [0.05, 0.1) is 25.4 Å². The zero-order chi connectivity index (χ0) is 22.1. The second-order valence-electron chi connectivity index (χ2n) is 7.50. The highest BCUT2D eigenvalue weighted by atomic mass is 16.5. The number of carbonyl (C=O) groups excluding carboxylic acids is 1. The topological polar surface area (TPSA) is 63.3 Å². The molecule has 7 nitrogen and oxygen atoms in total. The Morgan fingerprint density at radius 1 is 1.00 bits per heavy atom. The van der Waals surface area contributed by atoms with Gasteiger partial charge in [-0.15, -0.1) is 0 Å². The molecule has 0 bridgehead atoms. The molecule has 0 spiro atoms. The minimum absolute atomic E-state index is 0.0107. The van der Waals surface area contributed by atoms with Gasteiger partial charge < -0.3 is 19.5 Å². The highest BCUT2D eigenvalue weighted by Crippen LogP contribution is 2.24. The van der Waals surface area contributed by atoms with Gasteiger partial charge in [0.1, 0.15) is 23.9 Å². The Hall–Kier alpha value is -2.77. The summed E-state index contributed by atoms with van der Waals surface area (Å²) in [5.41, 5.74) is 0.718. The molecule has 3 rings (SSSR count). The molecule has 31 heavy (non-hydrogen) atoms. The number of ether oxygens (including phenoxy) is 3. The first kappa shape index (κ1) is 22.9. The van der Waals surface area contributed by atoms with Crippen molar-refractivity contribution in [1.29, 1.82) is 0 Å². The number of para-hydroxylation sites is 2. The minimum atomic E-state index is -0.201. The van der Waals surface area contributed by atoms with Gasteiger partial charge >= 0.3 is 0 Å². The largest absolute Gasteiger partial charge is 0.497 e. The molecular weight excluding hydrogens is 394 g/mol. The first-order valence-electron chi connectivity index (χ1n) is 10.9. The summed E-state index contributed by atoms with van der Waals surface area (Å²) >= 11 is 0. The van der Waals surface area contributed by atoms with Gasteiger partial charge in [0.15, 0.2) is 0 Å². The number of hydrogen-bond donors (Lipinski definition) is 1. The van der Waals surface area contributed by atoms with Gasteiger partial charge in [-0.3, -0.25) is 14.6 Å². The summed E-state index contributed by atoms with van der Waals surface area (Å²) in [6.45, 7) is 9.49. The number of nitrogens with zero attached hydrogens (tertiary/aromatic N) is 2. The average Bonchev–Trinajstić information content (AvgIpc) is 2.81. The number of rotatable bonds is 10. The summed E-state index contributed by atoms with van der Waals surface area (Å²) in [6, 6.07) is 15.0. The van der Waals surface area contributed by atoms with Crippen molar-refractivity contribution >= 4 is 11.6 Å². The molecule has 2 aromatic rings.